The van der Waals surface area contributed by atoms with Crippen molar-refractivity contribution in [2.24, 2.45) is 11.8 Å². The Balaban J connectivity index is 1.29. The highest BCUT2D eigenvalue weighted by molar-refractivity contribution is 7.91. The highest BCUT2D eigenvalue weighted by Gasteiger charge is 2.34. The van der Waals surface area contributed by atoms with E-state index in [1.807, 2.05) is 17.6 Å². The first-order valence-corrected chi connectivity index (χ1v) is 12.2. The SMILES string of the molecule is N#Cc1ccc(S(=O)(=O)CCCN2CC3CC(C2)CN(c2nccs2)C3)cc1. The van der Waals surface area contributed by atoms with Crippen molar-refractivity contribution in [3.8, 4) is 6.07 Å². The second-order valence-corrected chi connectivity index (χ2v) is 10.7. The van der Waals surface area contributed by atoms with Crippen LogP contribution in [0.2, 0.25) is 0 Å². The van der Waals surface area contributed by atoms with Crippen molar-refractivity contribution in [3.05, 3.63) is 41.4 Å². The molecule has 4 rings (SSSR count). The lowest BCUT2D eigenvalue weighted by Gasteiger charge is -2.45. The van der Waals surface area contributed by atoms with Gasteiger partial charge in [-0.3, -0.25) is 0 Å². The second kappa shape index (κ2) is 8.19. The van der Waals surface area contributed by atoms with E-state index in [4.69, 9.17) is 5.26 Å². The van der Waals surface area contributed by atoms with Gasteiger partial charge in [0.15, 0.2) is 15.0 Å². The van der Waals surface area contributed by atoms with Crippen molar-refractivity contribution in [1.82, 2.24) is 9.88 Å². The van der Waals surface area contributed by atoms with E-state index >= 15 is 0 Å². The average molecular weight is 417 g/mol. The molecule has 2 aromatic rings. The van der Waals surface area contributed by atoms with Crippen LogP contribution in [0.1, 0.15) is 18.4 Å². The maximum atomic E-state index is 12.5. The molecule has 0 radical (unpaired) electrons. The number of nitrogens with zero attached hydrogens (tertiary/aromatic N) is 4. The lowest BCUT2D eigenvalue weighted by molar-refractivity contribution is 0.109. The fraction of sp³-hybridized carbons (Fsp3) is 0.500. The number of benzene rings is 1. The minimum atomic E-state index is -3.29. The molecule has 1 aromatic heterocycles. The van der Waals surface area contributed by atoms with Crippen LogP contribution in [-0.4, -0.2) is 56.8 Å². The summed E-state index contributed by atoms with van der Waals surface area (Å²) in [5.74, 6) is 1.41. The van der Waals surface area contributed by atoms with Crippen molar-refractivity contribution >= 4 is 26.3 Å². The van der Waals surface area contributed by atoms with Gasteiger partial charge in [-0.25, -0.2) is 13.4 Å². The molecule has 0 N–H and O–H groups in total. The maximum Gasteiger partial charge on any atom is 0.185 e. The smallest absolute Gasteiger partial charge is 0.185 e. The van der Waals surface area contributed by atoms with Crippen LogP contribution in [0.4, 0.5) is 5.13 Å². The zero-order valence-electron chi connectivity index (χ0n) is 15.7. The second-order valence-electron chi connectivity index (χ2n) is 7.76. The molecule has 2 bridgehead atoms. The summed E-state index contributed by atoms with van der Waals surface area (Å²) in [6.07, 6.45) is 3.77. The molecule has 148 valence electrons. The molecule has 2 atom stereocenters. The summed E-state index contributed by atoms with van der Waals surface area (Å²) in [6.45, 7) is 4.98. The fourth-order valence-corrected chi connectivity index (χ4v) is 6.39. The van der Waals surface area contributed by atoms with Gasteiger partial charge in [0.05, 0.1) is 22.3 Å². The third-order valence-electron chi connectivity index (χ3n) is 5.58. The zero-order chi connectivity index (χ0) is 19.6. The molecule has 2 saturated heterocycles. The van der Waals surface area contributed by atoms with Crippen LogP contribution in [0.5, 0.6) is 0 Å². The Morgan fingerprint density at radius 3 is 2.46 bits per heavy atom. The molecule has 2 unspecified atom stereocenters. The largest absolute Gasteiger partial charge is 0.347 e. The van der Waals surface area contributed by atoms with Crippen molar-refractivity contribution in [1.29, 1.82) is 5.26 Å². The van der Waals surface area contributed by atoms with Gasteiger partial charge in [0.25, 0.3) is 0 Å². The standard InChI is InChI=1S/C20H24N4O2S2/c21-11-16-2-4-19(5-3-16)28(25,26)9-1-7-23-12-17-10-18(13-23)15-24(14-17)20-22-6-8-27-20/h2-6,8,17-18H,1,7,9-10,12-15H2. The number of piperidine rings is 2. The summed E-state index contributed by atoms with van der Waals surface area (Å²) in [4.78, 5) is 9.61. The van der Waals surface area contributed by atoms with Gasteiger partial charge < -0.3 is 9.80 Å². The molecule has 2 fully saturated rings. The van der Waals surface area contributed by atoms with Crippen LogP contribution >= 0.6 is 11.3 Å². The highest BCUT2D eigenvalue weighted by Crippen LogP contribution is 2.32. The van der Waals surface area contributed by atoms with Gasteiger partial charge in [0.2, 0.25) is 0 Å². The minimum Gasteiger partial charge on any atom is -0.347 e. The summed E-state index contributed by atoms with van der Waals surface area (Å²) >= 11 is 1.70. The van der Waals surface area contributed by atoms with Crippen LogP contribution in [0.25, 0.3) is 0 Å². The highest BCUT2D eigenvalue weighted by atomic mass is 32.2. The quantitative estimate of drug-likeness (QED) is 0.720. The van der Waals surface area contributed by atoms with Crippen LogP contribution in [0, 0.1) is 23.2 Å². The number of fused-ring (bicyclic) bond motifs is 2. The number of hydrogen-bond acceptors (Lipinski definition) is 7. The Labute approximate surface area is 170 Å². The zero-order valence-corrected chi connectivity index (χ0v) is 17.3. The Morgan fingerprint density at radius 2 is 1.86 bits per heavy atom. The van der Waals surface area contributed by atoms with Crippen molar-refractivity contribution in [2.45, 2.75) is 17.7 Å². The summed E-state index contributed by atoms with van der Waals surface area (Å²) in [7, 11) is -3.29. The lowest BCUT2D eigenvalue weighted by atomic mass is 9.85. The van der Waals surface area contributed by atoms with Gasteiger partial charge in [-0.05, 0) is 55.5 Å². The fourth-order valence-electron chi connectivity index (χ4n) is 4.43. The monoisotopic (exact) mass is 416 g/mol. The topological polar surface area (TPSA) is 77.3 Å². The number of likely N-dealkylation sites (tertiary alicyclic amines) is 1. The van der Waals surface area contributed by atoms with Gasteiger partial charge in [0, 0.05) is 37.8 Å². The normalized spacial score (nSPS) is 22.8. The molecule has 8 heteroatoms. The van der Waals surface area contributed by atoms with E-state index in [-0.39, 0.29) is 5.75 Å². The molecule has 2 aliphatic heterocycles. The Hall–Kier alpha value is -1.95. The predicted molar refractivity (Wildman–Crippen MR) is 110 cm³/mol. The van der Waals surface area contributed by atoms with E-state index in [0.29, 0.717) is 28.7 Å². The van der Waals surface area contributed by atoms with Gasteiger partial charge in [0.1, 0.15) is 0 Å². The molecule has 2 aliphatic rings. The molecule has 28 heavy (non-hydrogen) atoms. The first-order chi connectivity index (χ1) is 13.5. The third-order valence-corrected chi connectivity index (χ3v) is 8.23. The number of sulfone groups is 1. The first-order valence-electron chi connectivity index (χ1n) is 9.63. The number of nitriles is 1. The third kappa shape index (κ3) is 4.37. The van der Waals surface area contributed by atoms with Crippen molar-refractivity contribution in [3.63, 3.8) is 0 Å². The number of thiazole rings is 1. The van der Waals surface area contributed by atoms with Crippen LogP contribution < -0.4 is 4.90 Å². The number of anilines is 1. The van der Waals surface area contributed by atoms with Gasteiger partial charge in [-0.2, -0.15) is 5.26 Å². The van der Waals surface area contributed by atoms with E-state index in [1.54, 1.807) is 23.5 Å². The molecular formula is C20H24N4O2S2. The van der Waals surface area contributed by atoms with E-state index in [1.165, 1.54) is 18.6 Å². The minimum absolute atomic E-state index is 0.149. The summed E-state index contributed by atoms with van der Waals surface area (Å²) in [5, 5.41) is 12.0. The maximum absolute atomic E-state index is 12.5. The molecule has 6 nitrogen and oxygen atoms in total. The molecule has 0 spiro atoms. The summed E-state index contributed by atoms with van der Waals surface area (Å²) in [5.41, 5.74) is 0.477. The van der Waals surface area contributed by atoms with Gasteiger partial charge in [-0.15, -0.1) is 11.3 Å². The molecule has 0 aliphatic carbocycles. The Kier molecular flexibility index (Phi) is 5.67. The summed E-state index contributed by atoms with van der Waals surface area (Å²) < 4.78 is 25.1. The summed E-state index contributed by atoms with van der Waals surface area (Å²) in [6, 6.07) is 8.21. The van der Waals surface area contributed by atoms with Crippen molar-refractivity contribution in [2.75, 3.05) is 43.4 Å². The Morgan fingerprint density at radius 1 is 1.14 bits per heavy atom. The molecular weight excluding hydrogens is 392 g/mol. The molecule has 3 heterocycles. The van der Waals surface area contributed by atoms with E-state index in [2.05, 4.69) is 14.8 Å². The van der Waals surface area contributed by atoms with Crippen molar-refractivity contribution < 1.29 is 8.42 Å². The Bertz CT molecular complexity index is 922. The van der Waals surface area contributed by atoms with Crippen LogP contribution in [-0.2, 0) is 9.84 Å². The first kappa shape index (κ1) is 19.4. The van der Waals surface area contributed by atoms with Crippen LogP contribution in [0.3, 0.4) is 0 Å². The number of hydrogen-bond donors (Lipinski definition) is 0. The predicted octanol–water partition coefficient (Wildman–Crippen LogP) is 2.64. The van der Waals surface area contributed by atoms with Crippen LogP contribution in [0.15, 0.2) is 40.7 Å². The van der Waals surface area contributed by atoms with E-state index in [0.717, 1.165) is 37.9 Å². The number of rotatable bonds is 6. The molecule has 0 amide bonds. The van der Waals surface area contributed by atoms with E-state index < -0.39 is 9.84 Å². The van der Waals surface area contributed by atoms with Gasteiger partial charge >= 0.3 is 0 Å². The molecule has 1 aromatic carbocycles. The molecule has 0 saturated carbocycles. The van der Waals surface area contributed by atoms with E-state index in [9.17, 15) is 8.42 Å². The number of aromatic nitrogens is 1. The lowest BCUT2D eigenvalue weighted by Crippen LogP contribution is -2.53. The van der Waals surface area contributed by atoms with Gasteiger partial charge in [-0.1, -0.05) is 0 Å². The average Bonchev–Trinajstić information content (AvgIpc) is 3.22.